The zero-order valence-electron chi connectivity index (χ0n) is 23.0. The van der Waals surface area contributed by atoms with Gasteiger partial charge in [0, 0.05) is 6.42 Å². The van der Waals surface area contributed by atoms with Crippen LogP contribution >= 0.6 is 0 Å². The Bertz CT molecular complexity index is 815. The fourth-order valence-electron chi connectivity index (χ4n) is 9.21. The van der Waals surface area contributed by atoms with Crippen molar-refractivity contribution < 1.29 is 19.4 Å². The molecule has 4 aliphatic rings. The summed E-state index contributed by atoms with van der Waals surface area (Å²) in [5, 5.41) is 8.84. The topological polar surface area (TPSA) is 63.6 Å². The molecule has 4 rings (SSSR count). The van der Waals surface area contributed by atoms with Crippen molar-refractivity contribution in [3.8, 4) is 0 Å². The molecule has 6 unspecified atom stereocenters. The average molecular weight is 487 g/mol. The predicted molar refractivity (Wildman–Crippen MR) is 140 cm³/mol. The van der Waals surface area contributed by atoms with E-state index in [-0.39, 0.29) is 30.3 Å². The molecule has 3 saturated carbocycles. The minimum atomic E-state index is -0.942. The Hall–Kier alpha value is -1.32. The third-order valence-electron chi connectivity index (χ3n) is 11.1. The zero-order valence-corrected chi connectivity index (χ0v) is 23.0. The summed E-state index contributed by atoms with van der Waals surface area (Å²) < 4.78 is 5.70. The van der Waals surface area contributed by atoms with E-state index in [0.29, 0.717) is 5.41 Å². The number of aliphatic carboxylic acids is 1. The summed E-state index contributed by atoms with van der Waals surface area (Å²) in [6.07, 6.45) is 16.0. The fourth-order valence-corrected chi connectivity index (χ4v) is 9.21. The van der Waals surface area contributed by atoms with Gasteiger partial charge in [-0.05, 0) is 91.3 Å². The van der Waals surface area contributed by atoms with E-state index in [0.717, 1.165) is 54.8 Å². The number of carboxylic acids is 1. The number of carbonyl (C=O) groups excluding carboxylic acids is 1. The van der Waals surface area contributed by atoms with Crippen molar-refractivity contribution in [3.63, 3.8) is 0 Å². The number of carboxylic acid groups (broad SMARTS) is 1. The Morgan fingerprint density at radius 3 is 2.51 bits per heavy atom. The van der Waals surface area contributed by atoms with Gasteiger partial charge in [-0.1, -0.05) is 65.5 Å². The smallest absolute Gasteiger partial charge is 0.306 e. The lowest BCUT2D eigenvalue weighted by atomic mass is 9.47. The third-order valence-corrected chi connectivity index (χ3v) is 11.1. The zero-order chi connectivity index (χ0) is 25.4. The van der Waals surface area contributed by atoms with Gasteiger partial charge in [0.1, 0.15) is 6.10 Å². The van der Waals surface area contributed by atoms with E-state index in [1.54, 1.807) is 0 Å². The van der Waals surface area contributed by atoms with Crippen LogP contribution in [0.4, 0.5) is 0 Å². The molecule has 4 nitrogen and oxygen atoms in total. The van der Waals surface area contributed by atoms with Gasteiger partial charge >= 0.3 is 11.9 Å². The average Bonchev–Trinajstić information content (AvgIpc) is 3.15. The van der Waals surface area contributed by atoms with E-state index < -0.39 is 5.97 Å². The largest absolute Gasteiger partial charge is 0.481 e. The molecule has 4 heteroatoms. The van der Waals surface area contributed by atoms with Crippen LogP contribution in [0.15, 0.2) is 11.6 Å². The maximum atomic E-state index is 12.1. The summed E-state index contributed by atoms with van der Waals surface area (Å²) >= 11 is 0. The second kappa shape index (κ2) is 10.6. The molecular weight excluding hydrogens is 436 g/mol. The van der Waals surface area contributed by atoms with Gasteiger partial charge in [-0.25, -0.2) is 0 Å². The van der Waals surface area contributed by atoms with Crippen LogP contribution in [0.5, 0.6) is 0 Å². The lowest BCUT2D eigenvalue weighted by Gasteiger charge is -2.58. The van der Waals surface area contributed by atoms with Crippen LogP contribution in [0.2, 0.25) is 0 Å². The number of esters is 1. The second-order valence-electron chi connectivity index (χ2n) is 13.5. The number of ether oxygens (including phenoxy) is 1. The maximum Gasteiger partial charge on any atom is 0.306 e. The van der Waals surface area contributed by atoms with Crippen LogP contribution in [-0.4, -0.2) is 23.1 Å². The molecule has 0 aromatic carbocycles. The number of carbonyl (C=O) groups is 2. The van der Waals surface area contributed by atoms with Crippen LogP contribution in [0, 0.1) is 46.3 Å². The molecule has 3 fully saturated rings. The van der Waals surface area contributed by atoms with Gasteiger partial charge in [-0.2, -0.15) is 0 Å². The molecular formula is C31H50O4. The summed E-state index contributed by atoms with van der Waals surface area (Å²) in [4.78, 5) is 22.9. The standard InChI is InChI=1S/C31H50O4/c1-20(2)7-6-8-21(3)25-11-12-26-24-10-9-22-19-23(35-29(34)14-13-28(32)33)15-17-30(22,4)27(24)16-18-31(25,26)5/h9,20-21,23-27H,6-8,10-19H2,1-5H3,(H,32,33)/t21-,23?,24?,25-,26?,27?,30?,31?/m1/s1. The SMILES string of the molecule is CC(C)CCC[C@@H](C)[C@H]1CCC2C3CC=C4CC(OC(=O)CCC(=O)O)CCC4(C)C3CCC21C. The van der Waals surface area contributed by atoms with E-state index in [2.05, 4.69) is 40.7 Å². The van der Waals surface area contributed by atoms with E-state index in [1.807, 2.05) is 0 Å². The normalized spacial score (nSPS) is 39.3. The molecule has 0 spiro atoms. The summed E-state index contributed by atoms with van der Waals surface area (Å²) in [5.74, 6) is 3.68. The summed E-state index contributed by atoms with van der Waals surface area (Å²) in [6, 6.07) is 0. The predicted octanol–water partition coefficient (Wildman–Crippen LogP) is 7.80. The van der Waals surface area contributed by atoms with Crippen molar-refractivity contribution in [2.24, 2.45) is 46.3 Å². The van der Waals surface area contributed by atoms with E-state index in [9.17, 15) is 9.59 Å². The van der Waals surface area contributed by atoms with E-state index in [4.69, 9.17) is 9.84 Å². The van der Waals surface area contributed by atoms with Crippen molar-refractivity contribution in [1.82, 2.24) is 0 Å². The van der Waals surface area contributed by atoms with E-state index in [1.165, 1.54) is 56.9 Å². The Kier molecular flexibility index (Phi) is 8.08. The molecule has 0 bridgehead atoms. The molecule has 0 aliphatic heterocycles. The second-order valence-corrected chi connectivity index (χ2v) is 13.5. The van der Waals surface area contributed by atoms with Gasteiger partial charge in [0.2, 0.25) is 0 Å². The highest BCUT2D eigenvalue weighted by atomic mass is 16.5. The maximum absolute atomic E-state index is 12.1. The number of fused-ring (bicyclic) bond motifs is 5. The van der Waals surface area contributed by atoms with Gasteiger partial charge in [-0.15, -0.1) is 0 Å². The molecule has 0 amide bonds. The molecule has 198 valence electrons. The fraction of sp³-hybridized carbons (Fsp3) is 0.871. The van der Waals surface area contributed by atoms with Crippen molar-refractivity contribution in [3.05, 3.63) is 11.6 Å². The van der Waals surface area contributed by atoms with Crippen LogP contribution < -0.4 is 0 Å². The number of hydrogen-bond acceptors (Lipinski definition) is 3. The molecule has 35 heavy (non-hydrogen) atoms. The Labute approximate surface area is 213 Å². The molecule has 0 saturated heterocycles. The molecule has 0 aromatic rings. The minimum Gasteiger partial charge on any atom is -0.481 e. The van der Waals surface area contributed by atoms with Gasteiger partial charge < -0.3 is 9.84 Å². The highest BCUT2D eigenvalue weighted by molar-refractivity contribution is 5.76. The molecule has 1 N–H and O–H groups in total. The van der Waals surface area contributed by atoms with Crippen LogP contribution in [0.3, 0.4) is 0 Å². The summed E-state index contributed by atoms with van der Waals surface area (Å²) in [6.45, 7) is 12.4. The van der Waals surface area contributed by atoms with Crippen LogP contribution in [0.25, 0.3) is 0 Å². The van der Waals surface area contributed by atoms with Crippen LogP contribution in [0.1, 0.15) is 118 Å². The van der Waals surface area contributed by atoms with Gasteiger partial charge in [0.25, 0.3) is 0 Å². The van der Waals surface area contributed by atoms with Crippen molar-refractivity contribution in [1.29, 1.82) is 0 Å². The third kappa shape index (κ3) is 5.37. The summed E-state index contributed by atoms with van der Waals surface area (Å²) in [5.41, 5.74) is 2.27. The molecule has 0 aromatic heterocycles. The van der Waals surface area contributed by atoms with Crippen molar-refractivity contribution >= 4 is 11.9 Å². The highest BCUT2D eigenvalue weighted by Crippen LogP contribution is 2.67. The Balaban J connectivity index is 1.40. The van der Waals surface area contributed by atoms with Crippen LogP contribution in [-0.2, 0) is 14.3 Å². The quantitative estimate of drug-likeness (QED) is 0.267. The lowest BCUT2D eigenvalue weighted by Crippen LogP contribution is -2.51. The lowest BCUT2D eigenvalue weighted by molar-refractivity contribution is -0.154. The number of allylic oxidation sites excluding steroid dienone is 1. The first-order valence-electron chi connectivity index (χ1n) is 14.7. The Morgan fingerprint density at radius 2 is 1.80 bits per heavy atom. The van der Waals surface area contributed by atoms with E-state index >= 15 is 0 Å². The molecule has 8 atom stereocenters. The summed E-state index contributed by atoms with van der Waals surface area (Å²) in [7, 11) is 0. The highest BCUT2D eigenvalue weighted by Gasteiger charge is 2.59. The monoisotopic (exact) mass is 486 g/mol. The molecule has 0 radical (unpaired) electrons. The first-order chi connectivity index (χ1) is 16.5. The minimum absolute atomic E-state index is 0.0236. The number of hydrogen-bond donors (Lipinski definition) is 1. The van der Waals surface area contributed by atoms with Gasteiger partial charge in [0.05, 0.1) is 12.8 Å². The Morgan fingerprint density at radius 1 is 1.03 bits per heavy atom. The van der Waals surface area contributed by atoms with Gasteiger partial charge in [-0.3, -0.25) is 9.59 Å². The first-order valence-corrected chi connectivity index (χ1v) is 14.7. The van der Waals surface area contributed by atoms with Crippen molar-refractivity contribution in [2.45, 2.75) is 124 Å². The first kappa shape index (κ1) is 26.7. The number of rotatable bonds is 9. The van der Waals surface area contributed by atoms with Gasteiger partial charge in [0.15, 0.2) is 0 Å². The molecule has 0 heterocycles. The van der Waals surface area contributed by atoms with Crippen molar-refractivity contribution in [2.75, 3.05) is 0 Å². The molecule has 4 aliphatic carbocycles.